The van der Waals surface area contributed by atoms with Gasteiger partial charge in [-0.15, -0.1) is 0 Å². The molecule has 0 fully saturated rings. The second kappa shape index (κ2) is 5.48. The highest BCUT2D eigenvalue weighted by Crippen LogP contribution is 2.27. The number of H-pyrrole nitrogens is 1. The van der Waals surface area contributed by atoms with Gasteiger partial charge in [0.2, 0.25) is 0 Å². The van der Waals surface area contributed by atoms with Crippen LogP contribution in [0.15, 0.2) is 50.9 Å². The Bertz CT molecular complexity index is 1060. The van der Waals surface area contributed by atoms with Crippen molar-refractivity contribution in [2.75, 3.05) is 4.72 Å². The standard InChI is InChI=1S/C16H17N3O4S/c1-16(2,3)14-15(18-9-17-14)24(21,22)19-11-5-6-12-10(8-11)4-7-13(20)23-12/h4-9,19H,1-3H3,(H,17,18). The monoisotopic (exact) mass is 347 g/mol. The van der Waals surface area contributed by atoms with Crippen LogP contribution in [0.1, 0.15) is 26.5 Å². The molecule has 2 heterocycles. The predicted octanol–water partition coefficient (Wildman–Crippen LogP) is 2.61. The van der Waals surface area contributed by atoms with E-state index < -0.39 is 21.1 Å². The van der Waals surface area contributed by atoms with Crippen molar-refractivity contribution >= 4 is 26.7 Å². The minimum Gasteiger partial charge on any atom is -0.423 e. The van der Waals surface area contributed by atoms with Gasteiger partial charge in [0.15, 0.2) is 5.03 Å². The Kier molecular flexibility index (Phi) is 3.71. The second-order valence-corrected chi connectivity index (χ2v) is 8.04. The third-order valence-corrected chi connectivity index (χ3v) is 4.80. The van der Waals surface area contributed by atoms with Crippen LogP contribution in [0.25, 0.3) is 11.0 Å². The van der Waals surface area contributed by atoms with Crippen LogP contribution in [0.5, 0.6) is 0 Å². The summed E-state index contributed by atoms with van der Waals surface area (Å²) >= 11 is 0. The topological polar surface area (TPSA) is 105 Å². The normalized spacial score (nSPS) is 12.5. The summed E-state index contributed by atoms with van der Waals surface area (Å²) in [6.45, 7) is 5.70. The lowest BCUT2D eigenvalue weighted by atomic mass is 9.93. The molecule has 0 atom stereocenters. The number of aromatic amines is 1. The molecule has 0 bridgehead atoms. The van der Waals surface area contributed by atoms with Gasteiger partial charge >= 0.3 is 5.63 Å². The van der Waals surface area contributed by atoms with Crippen LogP contribution in [0.4, 0.5) is 5.69 Å². The van der Waals surface area contributed by atoms with Crippen molar-refractivity contribution in [2.24, 2.45) is 0 Å². The Morgan fingerprint density at radius 2 is 1.92 bits per heavy atom. The Morgan fingerprint density at radius 3 is 2.62 bits per heavy atom. The molecule has 24 heavy (non-hydrogen) atoms. The first-order valence-electron chi connectivity index (χ1n) is 7.27. The minimum absolute atomic E-state index is 0.0327. The van der Waals surface area contributed by atoms with Crippen molar-refractivity contribution in [1.82, 2.24) is 9.97 Å². The Morgan fingerprint density at radius 1 is 1.17 bits per heavy atom. The highest BCUT2D eigenvalue weighted by molar-refractivity contribution is 7.92. The molecule has 0 aliphatic rings. The van der Waals surface area contributed by atoms with Crippen LogP contribution in [-0.2, 0) is 15.4 Å². The lowest BCUT2D eigenvalue weighted by molar-refractivity contribution is 0.547. The summed E-state index contributed by atoms with van der Waals surface area (Å²) in [6, 6.07) is 7.54. The number of fused-ring (bicyclic) bond motifs is 1. The molecule has 1 aromatic carbocycles. The van der Waals surface area contributed by atoms with Crippen molar-refractivity contribution < 1.29 is 12.8 Å². The maximum absolute atomic E-state index is 12.7. The summed E-state index contributed by atoms with van der Waals surface area (Å²) in [5.74, 6) is 0. The number of hydrogen-bond donors (Lipinski definition) is 2. The number of anilines is 1. The van der Waals surface area contributed by atoms with E-state index >= 15 is 0 Å². The summed E-state index contributed by atoms with van der Waals surface area (Å²) in [4.78, 5) is 18.0. The van der Waals surface area contributed by atoms with Gasteiger partial charge in [0, 0.05) is 22.6 Å². The molecule has 0 aliphatic heterocycles. The van der Waals surface area contributed by atoms with Gasteiger partial charge in [-0.05, 0) is 24.3 Å². The summed E-state index contributed by atoms with van der Waals surface area (Å²) in [5, 5.41) is 0.586. The maximum Gasteiger partial charge on any atom is 0.336 e. The molecule has 2 N–H and O–H groups in total. The first-order chi connectivity index (χ1) is 11.2. The zero-order valence-corrected chi connectivity index (χ0v) is 14.3. The third kappa shape index (κ3) is 3.05. The van der Waals surface area contributed by atoms with Gasteiger partial charge in [0.1, 0.15) is 5.58 Å². The van der Waals surface area contributed by atoms with E-state index in [1.807, 2.05) is 20.8 Å². The molecule has 126 valence electrons. The first kappa shape index (κ1) is 16.3. The van der Waals surface area contributed by atoms with E-state index in [0.29, 0.717) is 22.4 Å². The molecule has 0 spiro atoms. The molecule has 0 unspecified atom stereocenters. The van der Waals surface area contributed by atoms with E-state index in [9.17, 15) is 13.2 Å². The number of sulfonamides is 1. The molecule has 0 aliphatic carbocycles. The largest absolute Gasteiger partial charge is 0.423 e. The van der Waals surface area contributed by atoms with Gasteiger partial charge in [-0.25, -0.2) is 9.78 Å². The Hall–Kier alpha value is -2.61. The number of imidazole rings is 1. The molecule has 7 nitrogen and oxygen atoms in total. The summed E-state index contributed by atoms with van der Waals surface area (Å²) in [5.41, 5.74) is 0.427. The number of nitrogens with zero attached hydrogens (tertiary/aromatic N) is 1. The van der Waals surface area contributed by atoms with Crippen LogP contribution in [0, 0.1) is 0 Å². The molecular formula is C16H17N3O4S. The van der Waals surface area contributed by atoms with Crippen LogP contribution < -0.4 is 10.3 Å². The molecule has 3 aromatic rings. The number of hydrogen-bond acceptors (Lipinski definition) is 5. The highest BCUT2D eigenvalue weighted by Gasteiger charge is 2.28. The fourth-order valence-electron chi connectivity index (χ4n) is 2.36. The summed E-state index contributed by atoms with van der Waals surface area (Å²) in [6.07, 6.45) is 1.37. The number of rotatable bonds is 3. The fourth-order valence-corrected chi connectivity index (χ4v) is 3.72. The van der Waals surface area contributed by atoms with Gasteiger partial charge in [-0.1, -0.05) is 20.8 Å². The molecule has 0 saturated heterocycles. The molecule has 3 rings (SSSR count). The third-order valence-electron chi connectivity index (χ3n) is 3.48. The van der Waals surface area contributed by atoms with E-state index in [-0.39, 0.29) is 5.03 Å². The van der Waals surface area contributed by atoms with E-state index in [0.717, 1.165) is 0 Å². The Balaban J connectivity index is 2.00. The fraction of sp³-hybridized carbons (Fsp3) is 0.250. The molecule has 2 aromatic heterocycles. The van der Waals surface area contributed by atoms with Gasteiger partial charge in [0.05, 0.1) is 12.0 Å². The van der Waals surface area contributed by atoms with Gasteiger partial charge in [-0.3, -0.25) is 4.72 Å². The molecule has 0 radical (unpaired) electrons. The average molecular weight is 347 g/mol. The number of nitrogens with one attached hydrogen (secondary N) is 2. The van der Waals surface area contributed by atoms with Crippen molar-refractivity contribution in [1.29, 1.82) is 0 Å². The number of aromatic nitrogens is 2. The lowest BCUT2D eigenvalue weighted by Crippen LogP contribution is -2.21. The molecule has 0 saturated carbocycles. The summed E-state index contributed by atoms with van der Waals surface area (Å²) in [7, 11) is -3.85. The molecular weight excluding hydrogens is 330 g/mol. The smallest absolute Gasteiger partial charge is 0.336 e. The SMILES string of the molecule is CC(C)(C)c1[nH]cnc1S(=O)(=O)Nc1ccc2oc(=O)ccc2c1. The number of benzene rings is 1. The van der Waals surface area contributed by atoms with E-state index in [1.165, 1.54) is 18.5 Å². The van der Waals surface area contributed by atoms with Crippen LogP contribution in [-0.4, -0.2) is 18.4 Å². The van der Waals surface area contributed by atoms with Crippen molar-refractivity contribution in [3.63, 3.8) is 0 Å². The zero-order chi connectivity index (χ0) is 17.5. The lowest BCUT2D eigenvalue weighted by Gasteiger charge is -2.18. The highest BCUT2D eigenvalue weighted by atomic mass is 32.2. The zero-order valence-electron chi connectivity index (χ0n) is 13.5. The minimum atomic E-state index is -3.85. The van der Waals surface area contributed by atoms with Crippen molar-refractivity contribution in [2.45, 2.75) is 31.2 Å². The van der Waals surface area contributed by atoms with Gasteiger partial charge < -0.3 is 9.40 Å². The van der Waals surface area contributed by atoms with E-state index in [4.69, 9.17) is 4.42 Å². The van der Waals surface area contributed by atoms with Gasteiger partial charge in [0.25, 0.3) is 10.0 Å². The Labute approximate surface area is 138 Å². The van der Waals surface area contributed by atoms with Crippen LogP contribution in [0.3, 0.4) is 0 Å². The van der Waals surface area contributed by atoms with Crippen molar-refractivity contribution in [3.05, 3.63) is 52.8 Å². The molecule has 0 amide bonds. The van der Waals surface area contributed by atoms with Crippen molar-refractivity contribution in [3.8, 4) is 0 Å². The van der Waals surface area contributed by atoms with E-state index in [1.54, 1.807) is 18.2 Å². The predicted molar refractivity (Wildman–Crippen MR) is 90.6 cm³/mol. The van der Waals surface area contributed by atoms with Gasteiger partial charge in [-0.2, -0.15) is 8.42 Å². The first-order valence-corrected chi connectivity index (χ1v) is 8.76. The van der Waals surface area contributed by atoms with Crippen LogP contribution in [0.2, 0.25) is 0 Å². The quantitative estimate of drug-likeness (QED) is 0.709. The van der Waals surface area contributed by atoms with E-state index in [2.05, 4.69) is 14.7 Å². The molecule has 8 heteroatoms. The van der Waals surface area contributed by atoms with Crippen LogP contribution >= 0.6 is 0 Å². The average Bonchev–Trinajstić information content (AvgIpc) is 2.97. The second-order valence-electron chi connectivity index (χ2n) is 6.45. The summed E-state index contributed by atoms with van der Waals surface area (Å²) < 4.78 is 32.8. The maximum atomic E-state index is 12.7.